The van der Waals surface area contributed by atoms with Crippen molar-refractivity contribution in [2.45, 2.75) is 52.2 Å². The summed E-state index contributed by atoms with van der Waals surface area (Å²) in [6.07, 6.45) is 2.00. The molecule has 1 saturated heterocycles. The number of piperidine rings is 1. The third kappa shape index (κ3) is 5.46. The quantitative estimate of drug-likeness (QED) is 0.721. The van der Waals surface area contributed by atoms with Gasteiger partial charge in [0, 0.05) is 37.5 Å². The molecule has 0 radical (unpaired) electrons. The number of carbonyl (C=O) groups is 2. The Morgan fingerprint density at radius 1 is 1.21 bits per heavy atom. The smallest absolute Gasteiger partial charge is 0.260 e. The van der Waals surface area contributed by atoms with Crippen LogP contribution in [-0.2, 0) is 22.6 Å². The molecule has 0 saturated carbocycles. The van der Waals surface area contributed by atoms with E-state index in [1.807, 2.05) is 38.1 Å². The molecule has 2 aliphatic heterocycles. The van der Waals surface area contributed by atoms with Crippen LogP contribution in [0.2, 0.25) is 0 Å². The van der Waals surface area contributed by atoms with Crippen LogP contribution in [0.15, 0.2) is 36.4 Å². The molecule has 2 aromatic carbocycles. The maximum atomic E-state index is 13.7. The van der Waals surface area contributed by atoms with Crippen molar-refractivity contribution in [1.29, 1.82) is 0 Å². The van der Waals surface area contributed by atoms with E-state index in [0.717, 1.165) is 23.3 Å². The first-order valence-corrected chi connectivity index (χ1v) is 11.5. The molecule has 1 N–H and O–H groups in total. The molecule has 0 bridgehead atoms. The number of nitrogens with zero attached hydrogens (tertiary/aromatic N) is 1. The number of hydrogen-bond donors (Lipinski definition) is 1. The number of benzene rings is 2. The van der Waals surface area contributed by atoms with Crippen LogP contribution in [0, 0.1) is 18.7 Å². The normalized spacial score (nSPS) is 17.3. The fraction of sp³-hybridized carbons (Fsp3) is 0.462. The van der Waals surface area contributed by atoms with Gasteiger partial charge in [0.1, 0.15) is 11.4 Å². The van der Waals surface area contributed by atoms with Gasteiger partial charge in [0.15, 0.2) is 18.1 Å². The molecule has 2 aliphatic rings. The van der Waals surface area contributed by atoms with E-state index in [1.165, 1.54) is 6.07 Å². The van der Waals surface area contributed by atoms with Gasteiger partial charge in [0.25, 0.3) is 5.91 Å². The van der Waals surface area contributed by atoms with Gasteiger partial charge in [-0.2, -0.15) is 0 Å². The van der Waals surface area contributed by atoms with Crippen LogP contribution < -0.4 is 14.8 Å². The van der Waals surface area contributed by atoms with Crippen LogP contribution in [0.5, 0.6) is 11.5 Å². The van der Waals surface area contributed by atoms with Crippen LogP contribution in [0.3, 0.4) is 0 Å². The number of halogens is 1. The molecule has 2 aromatic rings. The summed E-state index contributed by atoms with van der Waals surface area (Å²) in [7, 11) is 0. The number of carbonyl (C=O) groups excluding carboxylic acids is 2. The number of para-hydroxylation sites is 1. The van der Waals surface area contributed by atoms with E-state index in [4.69, 9.17) is 9.47 Å². The summed E-state index contributed by atoms with van der Waals surface area (Å²) < 4.78 is 25.5. The molecule has 6 nitrogen and oxygen atoms in total. The van der Waals surface area contributed by atoms with Gasteiger partial charge in [-0.25, -0.2) is 4.39 Å². The first kappa shape index (κ1) is 23.1. The first-order valence-electron chi connectivity index (χ1n) is 11.5. The molecule has 176 valence electrons. The first-order chi connectivity index (χ1) is 15.7. The predicted octanol–water partition coefficient (Wildman–Crippen LogP) is 3.78. The molecule has 0 aliphatic carbocycles. The minimum Gasteiger partial charge on any atom is -0.483 e. The average molecular weight is 455 g/mol. The van der Waals surface area contributed by atoms with Crippen molar-refractivity contribution < 1.29 is 23.5 Å². The Labute approximate surface area is 194 Å². The monoisotopic (exact) mass is 454 g/mol. The minimum absolute atomic E-state index is 0.0565. The summed E-state index contributed by atoms with van der Waals surface area (Å²) in [5, 5.41) is 2.89. The Bertz CT molecular complexity index is 1040. The fourth-order valence-electron chi connectivity index (χ4n) is 4.40. The molecule has 0 atom stereocenters. The van der Waals surface area contributed by atoms with Gasteiger partial charge in [-0.05, 0) is 56.9 Å². The van der Waals surface area contributed by atoms with Crippen LogP contribution in [-0.4, -0.2) is 42.0 Å². The van der Waals surface area contributed by atoms with E-state index in [-0.39, 0.29) is 35.8 Å². The van der Waals surface area contributed by atoms with Gasteiger partial charge < -0.3 is 19.7 Å². The lowest BCUT2D eigenvalue weighted by atomic mass is 9.95. The van der Waals surface area contributed by atoms with Crippen molar-refractivity contribution in [2.24, 2.45) is 5.92 Å². The topological polar surface area (TPSA) is 67.9 Å². The van der Waals surface area contributed by atoms with Gasteiger partial charge in [0.2, 0.25) is 5.91 Å². The van der Waals surface area contributed by atoms with Crippen LogP contribution in [0.1, 0.15) is 43.4 Å². The molecule has 0 aromatic heterocycles. The second-order valence-corrected chi connectivity index (χ2v) is 9.53. The van der Waals surface area contributed by atoms with E-state index in [0.29, 0.717) is 43.8 Å². The van der Waals surface area contributed by atoms with E-state index >= 15 is 0 Å². The molecule has 0 spiro atoms. The molecule has 2 heterocycles. The van der Waals surface area contributed by atoms with Gasteiger partial charge in [-0.3, -0.25) is 9.59 Å². The third-order valence-electron chi connectivity index (χ3n) is 6.33. The zero-order valence-corrected chi connectivity index (χ0v) is 19.4. The molecular weight excluding hydrogens is 423 g/mol. The Kier molecular flexibility index (Phi) is 6.58. The highest BCUT2D eigenvalue weighted by atomic mass is 19.1. The summed E-state index contributed by atoms with van der Waals surface area (Å²) in [6.45, 7) is 7.02. The molecule has 1 fully saturated rings. The van der Waals surface area contributed by atoms with Crippen molar-refractivity contribution in [3.8, 4) is 11.5 Å². The highest BCUT2D eigenvalue weighted by Crippen LogP contribution is 2.41. The summed E-state index contributed by atoms with van der Waals surface area (Å²) >= 11 is 0. The maximum absolute atomic E-state index is 13.7. The van der Waals surface area contributed by atoms with Crippen LogP contribution in [0.4, 0.5) is 4.39 Å². The zero-order valence-electron chi connectivity index (χ0n) is 19.4. The second kappa shape index (κ2) is 9.41. The van der Waals surface area contributed by atoms with E-state index in [9.17, 15) is 14.0 Å². The Morgan fingerprint density at radius 2 is 1.97 bits per heavy atom. The molecule has 33 heavy (non-hydrogen) atoms. The summed E-state index contributed by atoms with van der Waals surface area (Å²) in [5.74, 6) is 0.731. The van der Waals surface area contributed by atoms with E-state index < -0.39 is 0 Å². The molecule has 4 rings (SSSR count). The van der Waals surface area contributed by atoms with E-state index in [2.05, 4.69) is 5.32 Å². The Hall–Kier alpha value is -3.09. The fourth-order valence-corrected chi connectivity index (χ4v) is 4.40. The third-order valence-corrected chi connectivity index (χ3v) is 6.33. The maximum Gasteiger partial charge on any atom is 0.260 e. The number of amides is 2. The van der Waals surface area contributed by atoms with Crippen molar-refractivity contribution >= 4 is 11.8 Å². The van der Waals surface area contributed by atoms with E-state index in [1.54, 1.807) is 17.9 Å². The van der Waals surface area contributed by atoms with Crippen molar-refractivity contribution in [3.63, 3.8) is 0 Å². The summed E-state index contributed by atoms with van der Waals surface area (Å²) in [4.78, 5) is 26.9. The van der Waals surface area contributed by atoms with Crippen LogP contribution >= 0.6 is 0 Å². The number of fused-ring (bicyclic) bond motifs is 1. The summed E-state index contributed by atoms with van der Waals surface area (Å²) in [5.41, 5.74) is 2.13. The standard InChI is InChI=1S/C26H31FN2O4/c1-17-7-8-18(13-21(17)27)15-28-25(31)19-9-11-29(12-10-19)23(30)16-32-22-6-4-5-20-14-26(2,3)33-24(20)22/h4-8,13,19H,9-12,14-16H2,1-3H3,(H,28,31). The lowest BCUT2D eigenvalue weighted by molar-refractivity contribution is -0.137. The van der Waals surface area contributed by atoms with Crippen molar-refractivity contribution in [1.82, 2.24) is 10.2 Å². The second-order valence-electron chi connectivity index (χ2n) is 9.53. The Balaban J connectivity index is 1.23. The number of likely N-dealkylation sites (tertiary alicyclic amines) is 1. The molecule has 7 heteroatoms. The number of nitrogens with one attached hydrogen (secondary N) is 1. The highest BCUT2D eigenvalue weighted by Gasteiger charge is 2.33. The van der Waals surface area contributed by atoms with Crippen molar-refractivity contribution in [2.75, 3.05) is 19.7 Å². The van der Waals surface area contributed by atoms with Crippen molar-refractivity contribution in [3.05, 3.63) is 58.9 Å². The Morgan fingerprint density at radius 3 is 2.70 bits per heavy atom. The highest BCUT2D eigenvalue weighted by molar-refractivity contribution is 5.80. The van der Waals surface area contributed by atoms with Crippen LogP contribution in [0.25, 0.3) is 0 Å². The largest absolute Gasteiger partial charge is 0.483 e. The SMILES string of the molecule is Cc1ccc(CNC(=O)C2CCN(C(=O)COc3cccc4c3OC(C)(C)C4)CC2)cc1F. The summed E-state index contributed by atoms with van der Waals surface area (Å²) in [6, 6.07) is 10.7. The number of hydrogen-bond acceptors (Lipinski definition) is 4. The van der Waals surface area contributed by atoms with Gasteiger partial charge in [-0.15, -0.1) is 0 Å². The molecule has 0 unspecified atom stereocenters. The number of rotatable bonds is 6. The average Bonchev–Trinajstić information content (AvgIpc) is 3.12. The number of ether oxygens (including phenoxy) is 2. The van der Waals surface area contributed by atoms with Gasteiger partial charge in [0.05, 0.1) is 0 Å². The minimum atomic E-state index is -0.276. The van der Waals surface area contributed by atoms with Gasteiger partial charge >= 0.3 is 0 Å². The molecule has 2 amide bonds. The zero-order chi connectivity index (χ0) is 23.6. The lowest BCUT2D eigenvalue weighted by Crippen LogP contribution is -2.44. The molecular formula is C26H31FN2O4. The predicted molar refractivity (Wildman–Crippen MR) is 123 cm³/mol. The lowest BCUT2D eigenvalue weighted by Gasteiger charge is -2.31. The van der Waals surface area contributed by atoms with Gasteiger partial charge in [-0.1, -0.05) is 24.3 Å². The number of aryl methyl sites for hydroxylation is 1.